The van der Waals surface area contributed by atoms with Crippen LogP contribution in [0.1, 0.15) is 56.1 Å². The summed E-state index contributed by atoms with van der Waals surface area (Å²) in [4.78, 5) is 18.4. The molecule has 0 saturated carbocycles. The van der Waals surface area contributed by atoms with Crippen molar-refractivity contribution in [3.05, 3.63) is 29.6 Å². The molecule has 1 aromatic rings. The molecule has 0 unspecified atom stereocenters. The van der Waals surface area contributed by atoms with Crippen molar-refractivity contribution in [2.24, 2.45) is 10.9 Å². The van der Waals surface area contributed by atoms with Crippen LogP contribution >= 0.6 is 0 Å². The Morgan fingerprint density at radius 2 is 2.14 bits per heavy atom. The van der Waals surface area contributed by atoms with E-state index in [-0.39, 0.29) is 17.8 Å². The third-order valence-corrected chi connectivity index (χ3v) is 3.27. The first-order valence-electron chi connectivity index (χ1n) is 7.26. The first-order valence-corrected chi connectivity index (χ1v) is 7.26. The van der Waals surface area contributed by atoms with Crippen molar-refractivity contribution < 1.29 is 10.0 Å². The first kappa shape index (κ1) is 16.9. The van der Waals surface area contributed by atoms with Crippen LogP contribution in [0.25, 0.3) is 0 Å². The summed E-state index contributed by atoms with van der Waals surface area (Å²) in [5.74, 6) is -0.114. The number of nitrogens with two attached hydrogens (primary N) is 1. The van der Waals surface area contributed by atoms with E-state index in [0.29, 0.717) is 11.3 Å². The van der Waals surface area contributed by atoms with E-state index in [2.05, 4.69) is 17.1 Å². The summed E-state index contributed by atoms with van der Waals surface area (Å²) in [6, 6.07) is 3.35. The van der Waals surface area contributed by atoms with Crippen LogP contribution in [0.5, 0.6) is 0 Å². The van der Waals surface area contributed by atoms with Crippen LogP contribution in [0.2, 0.25) is 0 Å². The van der Waals surface area contributed by atoms with Crippen LogP contribution in [-0.2, 0) is 0 Å². The molecule has 0 radical (unpaired) electrons. The molecular formula is C15H24N4O2. The molecule has 21 heavy (non-hydrogen) atoms. The Bertz CT molecular complexity index is 483. The number of carbonyl (C=O) groups is 1. The van der Waals surface area contributed by atoms with Crippen molar-refractivity contribution in [1.82, 2.24) is 9.88 Å². The number of hydrogen-bond donors (Lipinski definition) is 2. The van der Waals surface area contributed by atoms with Crippen molar-refractivity contribution >= 4 is 11.7 Å². The van der Waals surface area contributed by atoms with E-state index in [1.807, 2.05) is 18.7 Å². The highest BCUT2D eigenvalue weighted by Gasteiger charge is 2.19. The topological polar surface area (TPSA) is 91.8 Å². The van der Waals surface area contributed by atoms with Crippen molar-refractivity contribution in [3.8, 4) is 0 Å². The Morgan fingerprint density at radius 3 is 2.62 bits per heavy atom. The Balaban J connectivity index is 2.83. The third-order valence-electron chi connectivity index (χ3n) is 3.27. The number of nitrogens with zero attached hydrogens (tertiary/aromatic N) is 3. The minimum Gasteiger partial charge on any atom is -0.409 e. The van der Waals surface area contributed by atoms with Gasteiger partial charge in [0.25, 0.3) is 5.91 Å². The molecule has 0 atom stereocenters. The molecule has 1 aromatic heterocycles. The van der Waals surface area contributed by atoms with Gasteiger partial charge in [-0.15, -0.1) is 0 Å². The van der Waals surface area contributed by atoms with Crippen LogP contribution in [-0.4, -0.2) is 39.4 Å². The fraction of sp³-hybridized carbons (Fsp3) is 0.533. The molecule has 1 heterocycles. The molecule has 0 saturated heterocycles. The van der Waals surface area contributed by atoms with Gasteiger partial charge in [0.05, 0.1) is 0 Å². The lowest BCUT2D eigenvalue weighted by atomic mass is 10.2. The zero-order valence-corrected chi connectivity index (χ0v) is 12.9. The van der Waals surface area contributed by atoms with Gasteiger partial charge in [0.15, 0.2) is 5.84 Å². The van der Waals surface area contributed by atoms with Crippen molar-refractivity contribution in [1.29, 1.82) is 0 Å². The highest BCUT2D eigenvalue weighted by Crippen LogP contribution is 2.10. The van der Waals surface area contributed by atoms with Crippen LogP contribution in [0.4, 0.5) is 0 Å². The zero-order chi connectivity index (χ0) is 15.8. The maximum absolute atomic E-state index is 12.5. The summed E-state index contributed by atoms with van der Waals surface area (Å²) < 4.78 is 0. The second-order valence-corrected chi connectivity index (χ2v) is 5.22. The molecule has 6 nitrogen and oxygen atoms in total. The normalized spacial score (nSPS) is 11.7. The molecule has 0 bridgehead atoms. The maximum Gasteiger partial charge on any atom is 0.272 e. The van der Waals surface area contributed by atoms with E-state index in [9.17, 15) is 4.79 Å². The summed E-state index contributed by atoms with van der Waals surface area (Å²) >= 11 is 0. The molecule has 0 spiro atoms. The molecule has 0 aliphatic rings. The molecule has 0 aliphatic carbocycles. The van der Waals surface area contributed by atoms with E-state index in [4.69, 9.17) is 10.9 Å². The van der Waals surface area contributed by atoms with Gasteiger partial charge >= 0.3 is 0 Å². The highest BCUT2D eigenvalue weighted by atomic mass is 16.4. The Morgan fingerprint density at radius 1 is 1.43 bits per heavy atom. The lowest BCUT2D eigenvalue weighted by Gasteiger charge is -2.26. The van der Waals surface area contributed by atoms with Gasteiger partial charge in [0.1, 0.15) is 5.69 Å². The fourth-order valence-corrected chi connectivity index (χ4v) is 2.00. The molecule has 116 valence electrons. The maximum atomic E-state index is 12.5. The lowest BCUT2D eigenvalue weighted by molar-refractivity contribution is 0.0696. The molecule has 3 N–H and O–H groups in total. The molecule has 6 heteroatoms. The number of oxime groups is 1. The van der Waals surface area contributed by atoms with Gasteiger partial charge in [-0.3, -0.25) is 9.78 Å². The van der Waals surface area contributed by atoms with E-state index < -0.39 is 0 Å². The minimum atomic E-state index is -0.0906. The molecule has 1 amide bonds. The van der Waals surface area contributed by atoms with Crippen molar-refractivity contribution in [2.45, 2.75) is 46.1 Å². The van der Waals surface area contributed by atoms with Crippen LogP contribution in [0.15, 0.2) is 23.5 Å². The predicted octanol–water partition coefficient (Wildman–Crippen LogP) is 2.22. The highest BCUT2D eigenvalue weighted by molar-refractivity contribution is 5.98. The summed E-state index contributed by atoms with van der Waals surface area (Å²) in [7, 11) is 0. The molecule has 0 fully saturated rings. The van der Waals surface area contributed by atoms with Crippen LogP contribution in [0, 0.1) is 0 Å². The Labute approximate surface area is 125 Å². The Hall–Kier alpha value is -2.11. The van der Waals surface area contributed by atoms with Gasteiger partial charge < -0.3 is 15.8 Å². The third kappa shape index (κ3) is 4.73. The number of hydrogen-bond acceptors (Lipinski definition) is 4. The number of carbonyl (C=O) groups excluding carboxylic acids is 1. The largest absolute Gasteiger partial charge is 0.409 e. The minimum absolute atomic E-state index is 0.0230. The van der Waals surface area contributed by atoms with E-state index in [0.717, 1.165) is 25.8 Å². The quantitative estimate of drug-likeness (QED) is 0.265. The second kappa shape index (κ2) is 8.24. The Kier molecular flexibility index (Phi) is 6.65. The van der Waals surface area contributed by atoms with Gasteiger partial charge in [-0.2, -0.15) is 0 Å². The summed E-state index contributed by atoms with van der Waals surface area (Å²) in [5.41, 5.74) is 6.33. The first-order chi connectivity index (χ1) is 10.0. The average Bonchev–Trinajstić information content (AvgIpc) is 2.50. The van der Waals surface area contributed by atoms with Gasteiger partial charge in [0.2, 0.25) is 0 Å². The smallest absolute Gasteiger partial charge is 0.272 e. The number of amidine groups is 1. The van der Waals surface area contributed by atoms with Gasteiger partial charge in [-0.25, -0.2) is 0 Å². The second-order valence-electron chi connectivity index (χ2n) is 5.22. The summed E-state index contributed by atoms with van der Waals surface area (Å²) in [6.07, 6.45) is 4.65. The summed E-state index contributed by atoms with van der Waals surface area (Å²) in [6.45, 7) is 6.85. The zero-order valence-electron chi connectivity index (χ0n) is 12.9. The molecular weight excluding hydrogens is 268 g/mol. The fourth-order valence-electron chi connectivity index (χ4n) is 2.00. The van der Waals surface area contributed by atoms with Crippen molar-refractivity contribution in [3.63, 3.8) is 0 Å². The SMILES string of the molecule is CCCCCN(C(=O)c1ccc(C(N)=NO)cn1)C(C)C. The van der Waals surface area contributed by atoms with Crippen LogP contribution < -0.4 is 5.73 Å². The van der Waals surface area contributed by atoms with Crippen LogP contribution in [0.3, 0.4) is 0 Å². The number of amides is 1. The molecule has 0 aromatic carbocycles. The summed E-state index contributed by atoms with van der Waals surface area (Å²) in [5, 5.41) is 11.5. The van der Waals surface area contributed by atoms with Crippen molar-refractivity contribution in [2.75, 3.05) is 6.54 Å². The van der Waals surface area contributed by atoms with Gasteiger partial charge in [0, 0.05) is 24.3 Å². The predicted molar refractivity (Wildman–Crippen MR) is 82.4 cm³/mol. The van der Waals surface area contributed by atoms with Gasteiger partial charge in [-0.1, -0.05) is 24.9 Å². The number of aromatic nitrogens is 1. The molecule has 1 rings (SSSR count). The van der Waals surface area contributed by atoms with E-state index >= 15 is 0 Å². The lowest BCUT2D eigenvalue weighted by Crippen LogP contribution is -2.38. The monoisotopic (exact) mass is 292 g/mol. The van der Waals surface area contributed by atoms with E-state index in [1.54, 1.807) is 12.1 Å². The number of rotatable bonds is 7. The standard InChI is InChI=1S/C15H24N4O2/c1-4-5-6-9-19(11(2)3)15(20)13-8-7-12(10-17-13)14(16)18-21/h7-8,10-11,21H,4-6,9H2,1-3H3,(H2,16,18). The average molecular weight is 292 g/mol. The van der Waals surface area contributed by atoms with Gasteiger partial charge in [-0.05, 0) is 32.4 Å². The molecule has 0 aliphatic heterocycles. The number of pyridine rings is 1. The van der Waals surface area contributed by atoms with E-state index in [1.165, 1.54) is 6.20 Å². The number of unbranched alkanes of at least 4 members (excludes halogenated alkanes) is 2.